The van der Waals surface area contributed by atoms with Crippen molar-refractivity contribution in [3.05, 3.63) is 30.1 Å². The molecule has 92 valence electrons. The Morgan fingerprint density at radius 2 is 2.18 bits per heavy atom. The lowest BCUT2D eigenvalue weighted by molar-refractivity contribution is 0.0684. The maximum atomic E-state index is 12.1. The van der Waals surface area contributed by atoms with Crippen LogP contribution >= 0.6 is 11.6 Å². The average Bonchev–Trinajstić information content (AvgIpc) is 2.39. The topological polar surface area (TPSA) is 33.2 Å². The SMILES string of the molecule is CC(Cl)C1CCN(C(=O)c2ccccn2)CC1. The van der Waals surface area contributed by atoms with E-state index < -0.39 is 0 Å². The summed E-state index contributed by atoms with van der Waals surface area (Å²) in [5.74, 6) is 0.565. The number of carbonyl (C=O) groups is 1. The second-order valence-corrected chi connectivity index (χ2v) is 5.21. The van der Waals surface area contributed by atoms with E-state index in [0.29, 0.717) is 11.6 Å². The molecular weight excluding hydrogens is 236 g/mol. The molecule has 0 saturated carbocycles. The molecule has 1 aromatic rings. The number of alkyl halides is 1. The Balaban J connectivity index is 1.95. The lowest BCUT2D eigenvalue weighted by Crippen LogP contribution is -2.40. The fraction of sp³-hybridized carbons (Fsp3) is 0.538. The van der Waals surface area contributed by atoms with E-state index >= 15 is 0 Å². The smallest absolute Gasteiger partial charge is 0.272 e. The predicted octanol–water partition coefficient (Wildman–Crippen LogP) is 2.56. The first-order valence-electron chi connectivity index (χ1n) is 6.03. The summed E-state index contributed by atoms with van der Waals surface area (Å²) < 4.78 is 0. The molecule has 0 aliphatic carbocycles. The summed E-state index contributed by atoms with van der Waals surface area (Å²) in [5, 5.41) is 0.196. The molecule has 0 spiro atoms. The molecule has 1 atom stereocenters. The van der Waals surface area contributed by atoms with Crippen LogP contribution in [0.25, 0.3) is 0 Å². The molecule has 1 aromatic heterocycles. The molecule has 0 N–H and O–H groups in total. The Hall–Kier alpha value is -1.09. The summed E-state index contributed by atoms with van der Waals surface area (Å²) in [4.78, 5) is 18.1. The molecule has 0 aromatic carbocycles. The Morgan fingerprint density at radius 1 is 1.47 bits per heavy atom. The molecule has 1 unspecified atom stereocenters. The van der Waals surface area contributed by atoms with Crippen LogP contribution in [0.5, 0.6) is 0 Å². The van der Waals surface area contributed by atoms with Crippen molar-refractivity contribution in [3.8, 4) is 0 Å². The lowest BCUT2D eigenvalue weighted by atomic mass is 9.94. The van der Waals surface area contributed by atoms with Crippen LogP contribution in [0.15, 0.2) is 24.4 Å². The highest BCUT2D eigenvalue weighted by atomic mass is 35.5. The van der Waals surface area contributed by atoms with Crippen LogP contribution in [-0.2, 0) is 0 Å². The van der Waals surface area contributed by atoms with Crippen LogP contribution in [0, 0.1) is 5.92 Å². The van der Waals surface area contributed by atoms with Gasteiger partial charge in [0, 0.05) is 24.7 Å². The third-order valence-electron chi connectivity index (χ3n) is 3.36. The second-order valence-electron chi connectivity index (χ2n) is 4.52. The number of hydrogen-bond donors (Lipinski definition) is 0. The van der Waals surface area contributed by atoms with Gasteiger partial charge in [0.05, 0.1) is 0 Å². The Morgan fingerprint density at radius 3 is 2.71 bits per heavy atom. The van der Waals surface area contributed by atoms with Gasteiger partial charge in [-0.05, 0) is 37.8 Å². The van der Waals surface area contributed by atoms with Gasteiger partial charge in [-0.2, -0.15) is 0 Å². The van der Waals surface area contributed by atoms with Gasteiger partial charge < -0.3 is 4.90 Å². The molecule has 1 amide bonds. The van der Waals surface area contributed by atoms with Crippen LogP contribution in [0.2, 0.25) is 0 Å². The highest BCUT2D eigenvalue weighted by Gasteiger charge is 2.26. The third-order valence-corrected chi connectivity index (χ3v) is 3.72. The first-order valence-corrected chi connectivity index (χ1v) is 6.46. The van der Waals surface area contributed by atoms with Gasteiger partial charge in [0.25, 0.3) is 5.91 Å². The maximum absolute atomic E-state index is 12.1. The minimum atomic E-state index is 0.0336. The number of halogens is 1. The van der Waals surface area contributed by atoms with Crippen molar-refractivity contribution < 1.29 is 4.79 Å². The number of nitrogens with zero attached hydrogens (tertiary/aromatic N) is 2. The third kappa shape index (κ3) is 2.97. The number of amides is 1. The van der Waals surface area contributed by atoms with E-state index in [9.17, 15) is 4.79 Å². The minimum Gasteiger partial charge on any atom is -0.337 e. The zero-order chi connectivity index (χ0) is 12.3. The number of aromatic nitrogens is 1. The van der Waals surface area contributed by atoms with Gasteiger partial charge in [0.1, 0.15) is 5.69 Å². The van der Waals surface area contributed by atoms with Crippen molar-refractivity contribution >= 4 is 17.5 Å². The summed E-state index contributed by atoms with van der Waals surface area (Å²) in [5.41, 5.74) is 0.532. The van der Waals surface area contributed by atoms with Crippen LogP contribution in [-0.4, -0.2) is 34.3 Å². The molecule has 0 bridgehead atoms. The number of hydrogen-bond acceptors (Lipinski definition) is 2. The van der Waals surface area contributed by atoms with Crippen LogP contribution < -0.4 is 0 Å². The van der Waals surface area contributed by atoms with Gasteiger partial charge in [-0.1, -0.05) is 6.07 Å². The van der Waals surface area contributed by atoms with E-state index in [-0.39, 0.29) is 11.3 Å². The zero-order valence-corrected chi connectivity index (χ0v) is 10.7. The van der Waals surface area contributed by atoms with Crippen LogP contribution in [0.3, 0.4) is 0 Å². The molecular formula is C13H17ClN2O. The lowest BCUT2D eigenvalue weighted by Gasteiger charge is -2.32. The summed E-state index contributed by atoms with van der Waals surface area (Å²) in [7, 11) is 0. The van der Waals surface area contributed by atoms with Crippen LogP contribution in [0.4, 0.5) is 0 Å². The molecule has 2 heterocycles. The van der Waals surface area contributed by atoms with Gasteiger partial charge >= 0.3 is 0 Å². The van der Waals surface area contributed by atoms with E-state index in [0.717, 1.165) is 25.9 Å². The van der Waals surface area contributed by atoms with E-state index in [1.54, 1.807) is 12.3 Å². The average molecular weight is 253 g/mol. The second kappa shape index (κ2) is 5.50. The fourth-order valence-electron chi connectivity index (χ4n) is 2.21. The van der Waals surface area contributed by atoms with Gasteiger partial charge in [-0.25, -0.2) is 0 Å². The quantitative estimate of drug-likeness (QED) is 0.758. The van der Waals surface area contributed by atoms with E-state index in [1.165, 1.54) is 0 Å². The van der Waals surface area contributed by atoms with Crippen LogP contribution in [0.1, 0.15) is 30.3 Å². The Labute approximate surface area is 107 Å². The molecule has 0 radical (unpaired) electrons. The Kier molecular flexibility index (Phi) is 4.00. The highest BCUT2D eigenvalue weighted by Crippen LogP contribution is 2.24. The fourth-order valence-corrected chi connectivity index (χ4v) is 2.47. The van der Waals surface area contributed by atoms with Gasteiger partial charge in [-0.15, -0.1) is 11.6 Å². The van der Waals surface area contributed by atoms with Gasteiger partial charge in [-0.3, -0.25) is 9.78 Å². The molecule has 1 aliphatic rings. The highest BCUT2D eigenvalue weighted by molar-refractivity contribution is 6.20. The van der Waals surface area contributed by atoms with Gasteiger partial charge in [0.15, 0.2) is 0 Å². The molecule has 2 rings (SSSR count). The number of piperidine rings is 1. The van der Waals surface area contributed by atoms with Crippen molar-refractivity contribution in [1.82, 2.24) is 9.88 Å². The zero-order valence-electron chi connectivity index (χ0n) is 9.97. The summed E-state index contributed by atoms with van der Waals surface area (Å²) in [6.07, 6.45) is 3.63. The van der Waals surface area contributed by atoms with E-state index in [1.807, 2.05) is 24.0 Å². The number of carbonyl (C=O) groups excluding carboxylic acids is 1. The summed E-state index contributed by atoms with van der Waals surface area (Å²) >= 11 is 6.09. The van der Waals surface area contributed by atoms with Gasteiger partial charge in [0.2, 0.25) is 0 Å². The first-order chi connectivity index (χ1) is 8.18. The number of rotatable bonds is 2. The summed E-state index contributed by atoms with van der Waals surface area (Å²) in [6.45, 7) is 3.61. The first kappa shape index (κ1) is 12.4. The minimum absolute atomic E-state index is 0.0336. The molecule has 1 aliphatic heterocycles. The molecule has 4 heteroatoms. The monoisotopic (exact) mass is 252 g/mol. The predicted molar refractivity (Wildman–Crippen MR) is 68.2 cm³/mol. The van der Waals surface area contributed by atoms with Crippen molar-refractivity contribution in [2.45, 2.75) is 25.1 Å². The van der Waals surface area contributed by atoms with Crippen molar-refractivity contribution in [1.29, 1.82) is 0 Å². The largest absolute Gasteiger partial charge is 0.337 e. The molecule has 17 heavy (non-hydrogen) atoms. The maximum Gasteiger partial charge on any atom is 0.272 e. The summed E-state index contributed by atoms with van der Waals surface area (Å²) in [6, 6.07) is 5.42. The molecule has 3 nitrogen and oxygen atoms in total. The molecule has 1 saturated heterocycles. The number of pyridine rings is 1. The standard InChI is InChI=1S/C13H17ClN2O/c1-10(14)11-5-8-16(9-6-11)13(17)12-4-2-3-7-15-12/h2-4,7,10-11H,5-6,8-9H2,1H3. The van der Waals surface area contributed by atoms with E-state index in [4.69, 9.17) is 11.6 Å². The van der Waals surface area contributed by atoms with Crippen molar-refractivity contribution in [2.24, 2.45) is 5.92 Å². The molecule has 1 fully saturated rings. The normalized spacial score (nSPS) is 19.1. The van der Waals surface area contributed by atoms with E-state index in [2.05, 4.69) is 4.98 Å². The van der Waals surface area contributed by atoms with Crippen molar-refractivity contribution in [3.63, 3.8) is 0 Å². The Bertz CT molecular complexity index is 372. The van der Waals surface area contributed by atoms with Crippen molar-refractivity contribution in [2.75, 3.05) is 13.1 Å². The number of likely N-dealkylation sites (tertiary alicyclic amines) is 1.